The quantitative estimate of drug-likeness (QED) is 0.851. The first-order chi connectivity index (χ1) is 10.2. The molecule has 6 nitrogen and oxygen atoms in total. The predicted molar refractivity (Wildman–Crippen MR) is 81.3 cm³/mol. The molecule has 1 aliphatic heterocycles. The summed E-state index contributed by atoms with van der Waals surface area (Å²) in [4.78, 5) is 11.3. The highest BCUT2D eigenvalue weighted by atomic mass is 16.5. The van der Waals surface area contributed by atoms with E-state index in [0.29, 0.717) is 24.3 Å². The second-order valence-electron chi connectivity index (χ2n) is 5.96. The lowest BCUT2D eigenvalue weighted by molar-refractivity contribution is 0.133. The fourth-order valence-electron chi connectivity index (χ4n) is 3.53. The van der Waals surface area contributed by atoms with Crippen molar-refractivity contribution in [3.63, 3.8) is 0 Å². The van der Waals surface area contributed by atoms with Crippen LogP contribution in [0.15, 0.2) is 6.07 Å². The van der Waals surface area contributed by atoms with Gasteiger partial charge in [0.2, 0.25) is 0 Å². The van der Waals surface area contributed by atoms with Gasteiger partial charge in [-0.15, -0.1) is 0 Å². The third kappa shape index (κ3) is 2.96. The highest BCUT2D eigenvalue weighted by Crippen LogP contribution is 2.39. The number of fused-ring (bicyclic) bond motifs is 1. The van der Waals surface area contributed by atoms with E-state index in [1.807, 2.05) is 13.0 Å². The van der Waals surface area contributed by atoms with Crippen LogP contribution in [0.5, 0.6) is 0 Å². The zero-order valence-corrected chi connectivity index (χ0v) is 12.7. The van der Waals surface area contributed by atoms with E-state index in [9.17, 15) is 5.11 Å². The molecule has 0 radical (unpaired) electrons. The number of aromatic nitrogens is 2. The molecule has 3 unspecified atom stereocenters. The first kappa shape index (κ1) is 14.5. The van der Waals surface area contributed by atoms with Crippen LogP contribution in [0.25, 0.3) is 0 Å². The van der Waals surface area contributed by atoms with Gasteiger partial charge in [-0.05, 0) is 25.7 Å². The van der Waals surface area contributed by atoms with E-state index in [2.05, 4.69) is 20.2 Å². The van der Waals surface area contributed by atoms with Crippen molar-refractivity contribution in [3.8, 4) is 0 Å². The smallest absolute Gasteiger partial charge is 0.158 e. The number of ether oxygens (including phenoxy) is 1. The molecular formula is C15H24N4O2. The van der Waals surface area contributed by atoms with Crippen LogP contribution >= 0.6 is 0 Å². The maximum Gasteiger partial charge on any atom is 0.158 e. The SMILES string of the molecule is CCNc1cc(N2CC3CCC(O)C3C2)nc(COC)n1. The number of aliphatic hydroxyl groups excluding tert-OH is 1. The van der Waals surface area contributed by atoms with Gasteiger partial charge in [-0.3, -0.25) is 0 Å². The second kappa shape index (κ2) is 6.15. The normalized spacial score (nSPS) is 28.0. The molecule has 1 saturated carbocycles. The Bertz CT molecular complexity index is 472. The molecule has 1 saturated heterocycles. The highest BCUT2D eigenvalue weighted by Gasteiger charge is 2.42. The van der Waals surface area contributed by atoms with Gasteiger partial charge in [0, 0.05) is 38.7 Å². The summed E-state index contributed by atoms with van der Waals surface area (Å²) >= 11 is 0. The lowest BCUT2D eigenvalue weighted by atomic mass is 10.00. The summed E-state index contributed by atoms with van der Waals surface area (Å²) in [6.45, 7) is 5.16. The number of nitrogens with zero attached hydrogens (tertiary/aromatic N) is 3. The molecule has 3 atom stereocenters. The van der Waals surface area contributed by atoms with Crippen LogP contribution < -0.4 is 10.2 Å². The monoisotopic (exact) mass is 292 g/mol. The molecule has 1 aromatic rings. The number of hydrogen-bond donors (Lipinski definition) is 2. The first-order valence-electron chi connectivity index (χ1n) is 7.75. The number of aliphatic hydroxyl groups is 1. The van der Waals surface area contributed by atoms with Gasteiger partial charge in [0.15, 0.2) is 5.82 Å². The summed E-state index contributed by atoms with van der Waals surface area (Å²) < 4.78 is 5.16. The van der Waals surface area contributed by atoms with Gasteiger partial charge in [0.1, 0.15) is 18.2 Å². The van der Waals surface area contributed by atoms with E-state index in [4.69, 9.17) is 4.74 Å². The molecule has 2 N–H and O–H groups in total. The van der Waals surface area contributed by atoms with Crippen LogP contribution in [-0.4, -0.2) is 47.9 Å². The van der Waals surface area contributed by atoms with E-state index in [0.717, 1.165) is 44.1 Å². The van der Waals surface area contributed by atoms with Crippen molar-refractivity contribution < 1.29 is 9.84 Å². The molecule has 2 aliphatic rings. The Morgan fingerprint density at radius 3 is 2.95 bits per heavy atom. The maximum atomic E-state index is 10.0. The third-order valence-electron chi connectivity index (χ3n) is 4.53. The molecule has 6 heteroatoms. The number of hydrogen-bond acceptors (Lipinski definition) is 6. The van der Waals surface area contributed by atoms with Crippen LogP contribution in [-0.2, 0) is 11.3 Å². The van der Waals surface area contributed by atoms with Gasteiger partial charge in [0.25, 0.3) is 0 Å². The molecule has 2 heterocycles. The molecule has 116 valence electrons. The van der Waals surface area contributed by atoms with Gasteiger partial charge in [-0.25, -0.2) is 9.97 Å². The van der Waals surface area contributed by atoms with E-state index in [-0.39, 0.29) is 6.10 Å². The van der Waals surface area contributed by atoms with Crippen molar-refractivity contribution in [2.24, 2.45) is 11.8 Å². The van der Waals surface area contributed by atoms with Crippen molar-refractivity contribution in [3.05, 3.63) is 11.9 Å². The van der Waals surface area contributed by atoms with Crippen LogP contribution in [0.3, 0.4) is 0 Å². The summed E-state index contributed by atoms with van der Waals surface area (Å²) in [5, 5.41) is 13.3. The van der Waals surface area contributed by atoms with E-state index < -0.39 is 0 Å². The minimum atomic E-state index is -0.145. The van der Waals surface area contributed by atoms with Gasteiger partial charge >= 0.3 is 0 Å². The van der Waals surface area contributed by atoms with Crippen molar-refractivity contribution in [1.82, 2.24) is 9.97 Å². The summed E-state index contributed by atoms with van der Waals surface area (Å²) in [7, 11) is 1.65. The molecule has 0 aromatic carbocycles. The molecule has 1 aromatic heterocycles. The third-order valence-corrected chi connectivity index (χ3v) is 4.53. The van der Waals surface area contributed by atoms with Crippen molar-refractivity contribution in [2.45, 2.75) is 32.5 Å². The average Bonchev–Trinajstić information content (AvgIpc) is 3.02. The molecule has 0 bridgehead atoms. The first-order valence-corrected chi connectivity index (χ1v) is 7.75. The molecular weight excluding hydrogens is 268 g/mol. The number of methoxy groups -OCH3 is 1. The molecule has 0 spiro atoms. The lowest BCUT2D eigenvalue weighted by Gasteiger charge is -2.20. The number of anilines is 2. The summed E-state index contributed by atoms with van der Waals surface area (Å²) in [5.41, 5.74) is 0. The van der Waals surface area contributed by atoms with Gasteiger partial charge in [-0.1, -0.05) is 0 Å². The maximum absolute atomic E-state index is 10.0. The van der Waals surface area contributed by atoms with E-state index in [1.54, 1.807) is 7.11 Å². The predicted octanol–water partition coefficient (Wildman–Crippen LogP) is 1.26. The Kier molecular flexibility index (Phi) is 4.26. The fraction of sp³-hybridized carbons (Fsp3) is 0.733. The van der Waals surface area contributed by atoms with Gasteiger partial charge in [0.05, 0.1) is 6.10 Å². The average molecular weight is 292 g/mol. The van der Waals surface area contributed by atoms with Crippen molar-refractivity contribution >= 4 is 11.6 Å². The van der Waals surface area contributed by atoms with Crippen LogP contribution in [0.1, 0.15) is 25.6 Å². The van der Waals surface area contributed by atoms with E-state index >= 15 is 0 Å². The lowest BCUT2D eigenvalue weighted by Crippen LogP contribution is -2.25. The molecule has 1 aliphatic carbocycles. The Morgan fingerprint density at radius 2 is 2.24 bits per heavy atom. The number of nitrogens with one attached hydrogen (secondary N) is 1. The zero-order valence-electron chi connectivity index (χ0n) is 12.7. The molecule has 21 heavy (non-hydrogen) atoms. The number of rotatable bonds is 5. The topological polar surface area (TPSA) is 70.5 Å². The fourth-order valence-corrected chi connectivity index (χ4v) is 3.53. The summed E-state index contributed by atoms with van der Waals surface area (Å²) in [6, 6.07) is 2.00. The molecule has 0 amide bonds. The Hall–Kier alpha value is -1.40. The van der Waals surface area contributed by atoms with Crippen LogP contribution in [0, 0.1) is 11.8 Å². The second-order valence-corrected chi connectivity index (χ2v) is 5.96. The summed E-state index contributed by atoms with van der Waals surface area (Å²) in [5.74, 6) is 3.47. The van der Waals surface area contributed by atoms with Gasteiger partial charge < -0.3 is 20.1 Å². The van der Waals surface area contributed by atoms with Crippen LogP contribution in [0.2, 0.25) is 0 Å². The van der Waals surface area contributed by atoms with E-state index in [1.165, 1.54) is 0 Å². The van der Waals surface area contributed by atoms with Gasteiger partial charge in [-0.2, -0.15) is 0 Å². The largest absolute Gasteiger partial charge is 0.393 e. The molecule has 2 fully saturated rings. The molecule has 3 rings (SSSR count). The summed E-state index contributed by atoms with van der Waals surface area (Å²) in [6.07, 6.45) is 1.93. The Balaban J connectivity index is 1.81. The standard InChI is InChI=1S/C15H24N4O2/c1-3-16-13-6-15(18-14(17-13)9-21-2)19-7-10-4-5-12(20)11(10)8-19/h6,10-12,20H,3-5,7-9H2,1-2H3,(H,16,17,18). The van der Waals surface area contributed by atoms with Crippen molar-refractivity contribution in [2.75, 3.05) is 37.0 Å². The Morgan fingerprint density at radius 1 is 1.38 bits per heavy atom. The van der Waals surface area contributed by atoms with Crippen molar-refractivity contribution in [1.29, 1.82) is 0 Å². The van der Waals surface area contributed by atoms with Crippen LogP contribution in [0.4, 0.5) is 11.6 Å². The highest BCUT2D eigenvalue weighted by molar-refractivity contribution is 5.50. The Labute approximate surface area is 125 Å². The minimum absolute atomic E-state index is 0.145. The minimum Gasteiger partial charge on any atom is -0.393 e. The zero-order chi connectivity index (χ0) is 14.8.